The summed E-state index contributed by atoms with van der Waals surface area (Å²) in [6, 6.07) is 5.93. The van der Waals surface area contributed by atoms with Crippen molar-refractivity contribution in [2.75, 3.05) is 7.11 Å². The van der Waals surface area contributed by atoms with Gasteiger partial charge in [-0.05, 0) is 25.1 Å². The zero-order valence-corrected chi connectivity index (χ0v) is 8.94. The second kappa shape index (κ2) is 5.38. The molecule has 2 aromatic heterocycles. The average Bonchev–Trinajstić information content (AvgIpc) is 2.30. The van der Waals surface area contributed by atoms with Crippen LogP contribution in [0.25, 0.3) is 10.9 Å². The summed E-state index contributed by atoms with van der Waals surface area (Å²) < 4.78 is 0. The normalized spacial score (nSPS) is 9.60. The molecule has 15 heavy (non-hydrogen) atoms. The average molecular weight is 205 g/mol. The number of aryl methyl sites for hydroxylation is 1. The summed E-state index contributed by atoms with van der Waals surface area (Å²) in [5, 5.41) is 8.06. The van der Waals surface area contributed by atoms with Crippen LogP contribution in [-0.2, 0) is 6.54 Å². The lowest BCUT2D eigenvalue weighted by molar-refractivity contribution is 0.399. The van der Waals surface area contributed by atoms with Crippen LogP contribution in [0.3, 0.4) is 0 Å². The zero-order valence-electron chi connectivity index (χ0n) is 8.94. The second-order valence-corrected chi connectivity index (χ2v) is 3.03. The van der Waals surface area contributed by atoms with E-state index in [2.05, 4.69) is 9.97 Å². The van der Waals surface area contributed by atoms with E-state index in [0.717, 1.165) is 29.4 Å². The summed E-state index contributed by atoms with van der Waals surface area (Å²) in [6.07, 6.45) is 1.81. The van der Waals surface area contributed by atoms with Crippen LogP contribution < -0.4 is 5.73 Å². The molecule has 0 radical (unpaired) electrons. The molecule has 4 nitrogen and oxygen atoms in total. The van der Waals surface area contributed by atoms with Crippen LogP contribution in [0.2, 0.25) is 0 Å². The molecule has 0 spiro atoms. The highest BCUT2D eigenvalue weighted by Crippen LogP contribution is 2.11. The van der Waals surface area contributed by atoms with E-state index in [1.165, 1.54) is 0 Å². The van der Waals surface area contributed by atoms with Crippen LogP contribution in [0.5, 0.6) is 0 Å². The highest BCUT2D eigenvalue weighted by Gasteiger charge is 1.97. The van der Waals surface area contributed by atoms with E-state index in [1.807, 2.05) is 31.3 Å². The molecule has 3 N–H and O–H groups in total. The Labute approximate surface area is 88.8 Å². The number of aromatic nitrogens is 2. The van der Waals surface area contributed by atoms with Gasteiger partial charge in [0, 0.05) is 30.9 Å². The Morgan fingerprint density at radius 2 is 2.07 bits per heavy atom. The minimum Gasteiger partial charge on any atom is -0.400 e. The quantitative estimate of drug-likeness (QED) is 0.728. The van der Waals surface area contributed by atoms with E-state index in [1.54, 1.807) is 0 Å². The molecule has 2 aromatic rings. The number of pyridine rings is 2. The topological polar surface area (TPSA) is 72.0 Å². The van der Waals surface area contributed by atoms with Crippen molar-refractivity contribution in [1.82, 2.24) is 9.97 Å². The smallest absolute Gasteiger partial charge is 0.0739 e. The zero-order chi connectivity index (χ0) is 11.3. The minimum absolute atomic E-state index is 0.464. The second-order valence-electron chi connectivity index (χ2n) is 3.03. The minimum atomic E-state index is 0.464. The first-order valence-electron chi connectivity index (χ1n) is 4.66. The molecule has 0 saturated heterocycles. The fourth-order valence-corrected chi connectivity index (χ4v) is 1.27. The van der Waals surface area contributed by atoms with Crippen molar-refractivity contribution in [2.45, 2.75) is 13.5 Å². The molecule has 0 unspecified atom stereocenters. The predicted molar refractivity (Wildman–Crippen MR) is 60.3 cm³/mol. The number of aliphatic hydroxyl groups is 1. The Morgan fingerprint density at radius 1 is 1.33 bits per heavy atom. The third-order valence-electron chi connectivity index (χ3n) is 1.98. The lowest BCUT2D eigenvalue weighted by Crippen LogP contribution is -1.99. The van der Waals surface area contributed by atoms with Crippen molar-refractivity contribution in [1.29, 1.82) is 0 Å². The van der Waals surface area contributed by atoms with Crippen LogP contribution in [0.4, 0.5) is 0 Å². The van der Waals surface area contributed by atoms with Crippen molar-refractivity contribution < 1.29 is 5.11 Å². The fraction of sp³-hybridized carbons (Fsp3) is 0.273. The van der Waals surface area contributed by atoms with Crippen LogP contribution in [0.15, 0.2) is 24.4 Å². The van der Waals surface area contributed by atoms with Crippen LogP contribution in [-0.4, -0.2) is 22.2 Å². The Hall–Kier alpha value is -1.52. The van der Waals surface area contributed by atoms with Crippen molar-refractivity contribution in [3.8, 4) is 0 Å². The van der Waals surface area contributed by atoms with Crippen LogP contribution in [0, 0.1) is 6.92 Å². The molecule has 2 rings (SSSR count). The van der Waals surface area contributed by atoms with Gasteiger partial charge < -0.3 is 10.8 Å². The summed E-state index contributed by atoms with van der Waals surface area (Å²) in [7, 11) is 1.00. The van der Waals surface area contributed by atoms with E-state index in [4.69, 9.17) is 10.8 Å². The highest BCUT2D eigenvalue weighted by molar-refractivity contribution is 5.77. The van der Waals surface area contributed by atoms with Gasteiger partial charge in [-0.3, -0.25) is 9.97 Å². The lowest BCUT2D eigenvalue weighted by atomic mass is 10.2. The largest absolute Gasteiger partial charge is 0.400 e. The van der Waals surface area contributed by atoms with Crippen molar-refractivity contribution in [2.24, 2.45) is 5.73 Å². The maximum atomic E-state index is 7.00. The van der Waals surface area contributed by atoms with Crippen LogP contribution in [0.1, 0.15) is 11.4 Å². The Bertz CT molecular complexity index is 443. The molecule has 0 aliphatic heterocycles. The van der Waals surface area contributed by atoms with Crippen molar-refractivity contribution in [3.63, 3.8) is 0 Å². The summed E-state index contributed by atoms with van der Waals surface area (Å²) in [6.45, 7) is 2.44. The van der Waals surface area contributed by atoms with E-state index < -0.39 is 0 Å². The molecule has 80 valence electrons. The first kappa shape index (κ1) is 11.6. The Balaban J connectivity index is 0.000000531. The lowest BCUT2D eigenvalue weighted by Gasteiger charge is -2.00. The number of aliphatic hydroxyl groups excluding tert-OH is 1. The van der Waals surface area contributed by atoms with Crippen molar-refractivity contribution >= 4 is 10.9 Å². The molecular weight excluding hydrogens is 190 g/mol. The predicted octanol–water partition coefficient (Wildman–Crippen LogP) is 1.01. The molecule has 2 heterocycles. The van der Waals surface area contributed by atoms with Gasteiger partial charge in [-0.15, -0.1) is 0 Å². The summed E-state index contributed by atoms with van der Waals surface area (Å²) in [4.78, 5) is 8.58. The molecular formula is C11H15N3O. The highest BCUT2D eigenvalue weighted by atomic mass is 16.2. The monoisotopic (exact) mass is 205 g/mol. The SMILES string of the molecule is CO.Cc1ccc2cnc(CN)cc2n1. The van der Waals surface area contributed by atoms with Crippen LogP contribution >= 0.6 is 0 Å². The number of nitrogens with zero attached hydrogens (tertiary/aromatic N) is 2. The maximum Gasteiger partial charge on any atom is 0.0739 e. The van der Waals surface area contributed by atoms with Gasteiger partial charge in [-0.25, -0.2) is 0 Å². The summed E-state index contributed by atoms with van der Waals surface area (Å²) in [5.74, 6) is 0. The standard InChI is InChI=1S/C10H11N3.CH4O/c1-7-2-3-8-6-12-9(5-11)4-10(8)13-7;1-2/h2-4,6H,5,11H2,1H3;2H,1H3. The number of hydrogen-bond donors (Lipinski definition) is 2. The Kier molecular flexibility index (Phi) is 4.15. The first-order chi connectivity index (χ1) is 7.29. The van der Waals surface area contributed by atoms with Gasteiger partial charge in [-0.1, -0.05) is 0 Å². The molecule has 0 bridgehead atoms. The third kappa shape index (κ3) is 2.71. The van der Waals surface area contributed by atoms with Gasteiger partial charge in [0.1, 0.15) is 0 Å². The molecule has 0 saturated carbocycles. The molecule has 0 aliphatic rings. The Morgan fingerprint density at radius 3 is 2.73 bits per heavy atom. The van der Waals surface area contributed by atoms with Gasteiger partial charge in [0.05, 0.1) is 11.2 Å². The molecule has 4 heteroatoms. The van der Waals surface area contributed by atoms with E-state index in [9.17, 15) is 0 Å². The molecule has 0 aromatic carbocycles. The number of nitrogens with two attached hydrogens (primary N) is 1. The third-order valence-corrected chi connectivity index (χ3v) is 1.98. The van der Waals surface area contributed by atoms with E-state index >= 15 is 0 Å². The van der Waals surface area contributed by atoms with Crippen molar-refractivity contribution in [3.05, 3.63) is 35.8 Å². The van der Waals surface area contributed by atoms with Gasteiger partial charge in [0.25, 0.3) is 0 Å². The van der Waals surface area contributed by atoms with Gasteiger partial charge in [0.2, 0.25) is 0 Å². The summed E-state index contributed by atoms with van der Waals surface area (Å²) >= 11 is 0. The number of hydrogen-bond acceptors (Lipinski definition) is 4. The number of fused-ring (bicyclic) bond motifs is 1. The molecule has 0 amide bonds. The molecule has 0 atom stereocenters. The first-order valence-corrected chi connectivity index (χ1v) is 4.66. The summed E-state index contributed by atoms with van der Waals surface area (Å²) in [5.41, 5.74) is 8.35. The van der Waals surface area contributed by atoms with Gasteiger partial charge in [-0.2, -0.15) is 0 Å². The maximum absolute atomic E-state index is 7.00. The van der Waals surface area contributed by atoms with E-state index in [-0.39, 0.29) is 0 Å². The number of rotatable bonds is 1. The molecule has 0 aliphatic carbocycles. The van der Waals surface area contributed by atoms with Gasteiger partial charge in [0.15, 0.2) is 0 Å². The molecule has 0 fully saturated rings. The van der Waals surface area contributed by atoms with Gasteiger partial charge >= 0.3 is 0 Å². The van der Waals surface area contributed by atoms with E-state index in [0.29, 0.717) is 6.54 Å². The fourth-order valence-electron chi connectivity index (χ4n) is 1.27.